The van der Waals surface area contributed by atoms with E-state index in [-0.39, 0.29) is 11.6 Å². The summed E-state index contributed by atoms with van der Waals surface area (Å²) in [5.74, 6) is 1.41. The lowest BCUT2D eigenvalue weighted by Crippen LogP contribution is -2.55. The van der Waals surface area contributed by atoms with Gasteiger partial charge in [-0.3, -0.25) is 0 Å². The van der Waals surface area contributed by atoms with Gasteiger partial charge >= 0.3 is 5.97 Å². The zero-order chi connectivity index (χ0) is 25.2. The molecule has 2 atom stereocenters. The molecule has 4 rings (SSSR count). The fraction of sp³-hybridized carbons (Fsp3) is 0.519. The SMILES string of the molecule is COC(=O)c1ccc(CCSc2nc(N3CC(C)NC(C)C3)c3c(c2C#N)CC(C)(C)OC3)cc1. The number of carbonyl (C=O) groups excluding carboxylic acids is 1. The molecule has 0 saturated carbocycles. The van der Waals surface area contributed by atoms with Crippen molar-refractivity contribution in [1.29, 1.82) is 5.26 Å². The molecule has 1 saturated heterocycles. The summed E-state index contributed by atoms with van der Waals surface area (Å²) in [5.41, 5.74) is 4.18. The number of piperazine rings is 1. The average molecular weight is 495 g/mol. The number of aryl methyl sites for hydroxylation is 1. The first-order valence-corrected chi connectivity index (χ1v) is 13.1. The van der Waals surface area contributed by atoms with E-state index in [9.17, 15) is 10.1 Å². The molecule has 0 spiro atoms. The molecule has 1 fully saturated rings. The third-order valence-electron chi connectivity index (χ3n) is 6.54. The normalized spacial score (nSPS) is 21.2. The Kier molecular flexibility index (Phi) is 7.70. The lowest BCUT2D eigenvalue weighted by Gasteiger charge is -2.40. The lowest BCUT2D eigenvalue weighted by molar-refractivity contribution is -0.0402. The Hall–Kier alpha value is -2.60. The van der Waals surface area contributed by atoms with Crippen molar-refractivity contribution in [3.8, 4) is 6.07 Å². The number of pyridine rings is 1. The Bertz CT molecular complexity index is 1120. The topological polar surface area (TPSA) is 87.5 Å². The van der Waals surface area contributed by atoms with Crippen LogP contribution in [0.25, 0.3) is 0 Å². The highest BCUT2D eigenvalue weighted by molar-refractivity contribution is 7.99. The highest BCUT2D eigenvalue weighted by Gasteiger charge is 2.34. The van der Waals surface area contributed by atoms with Crippen LogP contribution >= 0.6 is 11.8 Å². The summed E-state index contributed by atoms with van der Waals surface area (Å²) in [6.45, 7) is 10.8. The predicted molar refractivity (Wildman–Crippen MR) is 138 cm³/mol. The molecule has 1 aromatic carbocycles. The van der Waals surface area contributed by atoms with Gasteiger partial charge in [-0.05, 0) is 57.4 Å². The van der Waals surface area contributed by atoms with Crippen LogP contribution in [-0.2, 0) is 28.9 Å². The first-order valence-electron chi connectivity index (χ1n) is 12.1. The van der Waals surface area contributed by atoms with Crippen LogP contribution in [0, 0.1) is 11.3 Å². The number of esters is 1. The maximum atomic E-state index is 11.7. The van der Waals surface area contributed by atoms with E-state index in [0.29, 0.717) is 36.2 Å². The molecule has 1 aromatic heterocycles. The summed E-state index contributed by atoms with van der Waals surface area (Å²) in [6, 6.07) is 10.7. The molecule has 0 radical (unpaired) electrons. The fourth-order valence-corrected chi connectivity index (χ4v) is 5.89. The van der Waals surface area contributed by atoms with Crippen LogP contribution in [0.15, 0.2) is 29.3 Å². The number of hydrogen-bond donors (Lipinski definition) is 1. The van der Waals surface area contributed by atoms with Crippen LogP contribution in [0.1, 0.15) is 60.3 Å². The van der Waals surface area contributed by atoms with E-state index in [4.69, 9.17) is 14.5 Å². The van der Waals surface area contributed by atoms with Gasteiger partial charge in [-0.15, -0.1) is 11.8 Å². The molecule has 8 heteroatoms. The molecule has 0 bridgehead atoms. The third-order valence-corrected chi connectivity index (χ3v) is 7.52. The first-order chi connectivity index (χ1) is 16.7. The van der Waals surface area contributed by atoms with Crippen molar-refractivity contribution in [3.63, 3.8) is 0 Å². The van der Waals surface area contributed by atoms with Crippen molar-refractivity contribution in [1.82, 2.24) is 10.3 Å². The van der Waals surface area contributed by atoms with Crippen molar-refractivity contribution in [2.24, 2.45) is 0 Å². The third kappa shape index (κ3) is 5.80. The lowest BCUT2D eigenvalue weighted by atomic mass is 9.89. The molecule has 1 N–H and O–H groups in total. The highest BCUT2D eigenvalue weighted by Crippen LogP contribution is 2.39. The summed E-state index contributed by atoms with van der Waals surface area (Å²) in [7, 11) is 1.38. The van der Waals surface area contributed by atoms with E-state index >= 15 is 0 Å². The van der Waals surface area contributed by atoms with Gasteiger partial charge in [-0.25, -0.2) is 9.78 Å². The first kappa shape index (κ1) is 25.5. The van der Waals surface area contributed by atoms with Gasteiger partial charge in [0.15, 0.2) is 0 Å². The number of anilines is 1. The minimum Gasteiger partial charge on any atom is -0.465 e. The van der Waals surface area contributed by atoms with Gasteiger partial charge < -0.3 is 19.7 Å². The van der Waals surface area contributed by atoms with E-state index in [0.717, 1.165) is 52.8 Å². The fourth-order valence-electron chi connectivity index (χ4n) is 4.90. The number of nitrogens with zero attached hydrogens (tertiary/aromatic N) is 3. The number of rotatable bonds is 6. The average Bonchev–Trinajstić information content (AvgIpc) is 2.82. The van der Waals surface area contributed by atoms with Crippen molar-refractivity contribution in [2.45, 2.75) is 69.9 Å². The zero-order valence-electron chi connectivity index (χ0n) is 21.2. The molecule has 35 heavy (non-hydrogen) atoms. The van der Waals surface area contributed by atoms with E-state index in [2.05, 4.69) is 44.0 Å². The van der Waals surface area contributed by atoms with Gasteiger partial charge in [0.2, 0.25) is 0 Å². The Balaban J connectivity index is 1.61. The number of fused-ring (bicyclic) bond motifs is 1. The zero-order valence-corrected chi connectivity index (χ0v) is 22.0. The predicted octanol–water partition coefficient (Wildman–Crippen LogP) is 4.11. The van der Waals surface area contributed by atoms with E-state index in [1.54, 1.807) is 23.9 Å². The molecule has 186 valence electrons. The second kappa shape index (κ2) is 10.6. The monoisotopic (exact) mass is 494 g/mol. The van der Waals surface area contributed by atoms with Crippen LogP contribution in [-0.4, -0.2) is 54.6 Å². The molecule has 2 aliphatic heterocycles. The maximum Gasteiger partial charge on any atom is 0.337 e. The van der Waals surface area contributed by atoms with Crippen LogP contribution in [0.3, 0.4) is 0 Å². The van der Waals surface area contributed by atoms with Crippen LogP contribution in [0.2, 0.25) is 0 Å². The Morgan fingerprint density at radius 2 is 1.94 bits per heavy atom. The van der Waals surface area contributed by atoms with Gasteiger partial charge in [0.1, 0.15) is 16.9 Å². The number of nitriles is 1. The largest absolute Gasteiger partial charge is 0.465 e. The molecule has 2 unspecified atom stereocenters. The second-order valence-corrected chi connectivity index (χ2v) is 11.2. The number of methoxy groups -OCH3 is 1. The van der Waals surface area contributed by atoms with Gasteiger partial charge in [-0.1, -0.05) is 12.1 Å². The molecule has 7 nitrogen and oxygen atoms in total. The molecule has 2 aromatic rings. The van der Waals surface area contributed by atoms with Crippen molar-refractivity contribution >= 4 is 23.5 Å². The van der Waals surface area contributed by atoms with Gasteiger partial charge in [0.25, 0.3) is 0 Å². The molecule has 2 aliphatic rings. The second-order valence-electron chi connectivity index (χ2n) is 10.1. The Labute approximate surface area is 212 Å². The Morgan fingerprint density at radius 1 is 1.26 bits per heavy atom. The van der Waals surface area contributed by atoms with Crippen molar-refractivity contribution in [2.75, 3.05) is 30.9 Å². The van der Waals surface area contributed by atoms with E-state index in [1.807, 2.05) is 12.1 Å². The molecular formula is C27H34N4O3S. The summed E-state index contributed by atoms with van der Waals surface area (Å²) >= 11 is 1.63. The standard InChI is InChI=1S/C27H34N4O3S/c1-17-14-31(15-18(2)29-17)24-23-16-34-27(3,4)12-21(23)22(13-28)25(30-24)35-11-10-19-6-8-20(9-7-19)26(32)33-5/h6-9,17-18,29H,10-12,14-16H2,1-5H3. The number of nitrogens with one attached hydrogen (secondary N) is 1. The van der Waals surface area contributed by atoms with Crippen molar-refractivity contribution in [3.05, 3.63) is 52.1 Å². The number of thioether (sulfide) groups is 1. The Morgan fingerprint density at radius 3 is 2.57 bits per heavy atom. The number of aromatic nitrogens is 1. The van der Waals surface area contributed by atoms with Crippen LogP contribution < -0.4 is 10.2 Å². The van der Waals surface area contributed by atoms with Crippen molar-refractivity contribution < 1.29 is 14.3 Å². The van der Waals surface area contributed by atoms with Crippen LogP contribution in [0.5, 0.6) is 0 Å². The number of ether oxygens (including phenoxy) is 2. The molecule has 0 aliphatic carbocycles. The number of hydrogen-bond acceptors (Lipinski definition) is 8. The summed E-state index contributed by atoms with van der Waals surface area (Å²) in [6.07, 6.45) is 1.50. The van der Waals surface area contributed by atoms with Gasteiger partial charge in [0.05, 0.1) is 30.4 Å². The minimum absolute atomic E-state index is 0.315. The minimum atomic E-state index is -0.334. The van der Waals surface area contributed by atoms with Crippen LogP contribution in [0.4, 0.5) is 5.82 Å². The smallest absolute Gasteiger partial charge is 0.337 e. The summed E-state index contributed by atoms with van der Waals surface area (Å²) in [5, 5.41) is 14.5. The molecule has 3 heterocycles. The highest BCUT2D eigenvalue weighted by atomic mass is 32.2. The summed E-state index contributed by atoms with van der Waals surface area (Å²) < 4.78 is 10.9. The quantitative estimate of drug-likeness (QED) is 0.474. The van der Waals surface area contributed by atoms with E-state index < -0.39 is 0 Å². The molecule has 0 amide bonds. The molecular weight excluding hydrogens is 460 g/mol. The number of carbonyl (C=O) groups is 1. The maximum absolute atomic E-state index is 11.7. The number of benzene rings is 1. The van der Waals surface area contributed by atoms with E-state index in [1.165, 1.54) is 7.11 Å². The van der Waals surface area contributed by atoms with Gasteiger partial charge in [0, 0.05) is 42.9 Å². The van der Waals surface area contributed by atoms with Gasteiger partial charge in [-0.2, -0.15) is 5.26 Å². The summed E-state index contributed by atoms with van der Waals surface area (Å²) in [4.78, 5) is 19.1.